The summed E-state index contributed by atoms with van der Waals surface area (Å²) >= 11 is 0. The van der Waals surface area contributed by atoms with E-state index in [9.17, 15) is 0 Å². The second-order valence-corrected chi connectivity index (χ2v) is 18.2. The van der Waals surface area contributed by atoms with Gasteiger partial charge in [0.2, 0.25) is 0 Å². The van der Waals surface area contributed by atoms with E-state index in [4.69, 9.17) is 4.42 Å². The smallest absolute Gasteiger partial charge is 0.136 e. The van der Waals surface area contributed by atoms with Crippen LogP contribution in [0.15, 0.2) is 229 Å². The molecule has 3 heteroatoms. The molecule has 1 fully saturated rings. The Morgan fingerprint density at radius 1 is 0.403 bits per heavy atom. The van der Waals surface area contributed by atoms with Crippen LogP contribution in [0.25, 0.3) is 93.6 Å². The van der Waals surface area contributed by atoms with E-state index in [1.165, 1.54) is 92.5 Å². The predicted octanol–water partition coefficient (Wildman–Crippen LogP) is 18.4. The van der Waals surface area contributed by atoms with Crippen molar-refractivity contribution in [2.75, 3.05) is 4.90 Å². The lowest BCUT2D eigenvalue weighted by atomic mass is 9.80. The quantitative estimate of drug-likeness (QED) is 0.152. The van der Waals surface area contributed by atoms with Crippen molar-refractivity contribution in [1.82, 2.24) is 4.57 Å². The maximum Gasteiger partial charge on any atom is 0.136 e. The molecule has 1 aliphatic carbocycles. The maximum absolute atomic E-state index is 6.39. The Labute approximate surface area is 390 Å². The maximum atomic E-state index is 6.39. The Balaban J connectivity index is 0.986. The topological polar surface area (TPSA) is 21.3 Å². The molecule has 12 aromatic rings. The highest BCUT2D eigenvalue weighted by Gasteiger charge is 2.24. The van der Waals surface area contributed by atoms with Crippen molar-refractivity contribution in [3.05, 3.63) is 230 Å². The van der Waals surface area contributed by atoms with E-state index in [0.29, 0.717) is 5.92 Å². The van der Waals surface area contributed by atoms with Gasteiger partial charge in [0.15, 0.2) is 0 Å². The van der Waals surface area contributed by atoms with E-state index in [2.05, 4.69) is 228 Å². The number of aromatic nitrogens is 1. The normalized spacial score (nSPS) is 13.3. The third-order valence-electron chi connectivity index (χ3n) is 14.4. The van der Waals surface area contributed by atoms with Crippen molar-refractivity contribution >= 4 is 71.6 Å². The number of anilines is 3. The summed E-state index contributed by atoms with van der Waals surface area (Å²) in [5.41, 5.74) is 17.3. The summed E-state index contributed by atoms with van der Waals surface area (Å²) in [6, 6.07) is 82.3. The Kier molecular flexibility index (Phi) is 9.60. The van der Waals surface area contributed by atoms with Gasteiger partial charge >= 0.3 is 0 Å². The van der Waals surface area contributed by atoms with Gasteiger partial charge < -0.3 is 13.9 Å². The van der Waals surface area contributed by atoms with Gasteiger partial charge in [0.1, 0.15) is 11.2 Å². The molecule has 2 aromatic heterocycles. The first-order chi connectivity index (χ1) is 33.2. The zero-order valence-electron chi connectivity index (χ0n) is 37.3. The molecule has 0 atom stereocenters. The van der Waals surface area contributed by atoms with Gasteiger partial charge in [-0.05, 0) is 130 Å². The van der Waals surface area contributed by atoms with Crippen molar-refractivity contribution in [2.45, 2.75) is 38.0 Å². The molecule has 0 unspecified atom stereocenters. The lowest BCUT2D eigenvalue weighted by molar-refractivity contribution is 0.445. The third kappa shape index (κ3) is 6.72. The molecule has 0 spiro atoms. The number of hydrogen-bond donors (Lipinski definition) is 0. The Bertz CT molecular complexity index is 3790. The molecule has 0 N–H and O–H groups in total. The molecule has 2 heterocycles. The number of furan rings is 1. The number of rotatable bonds is 8. The summed E-state index contributed by atoms with van der Waals surface area (Å²) in [5.74, 6) is 0.570. The molecule has 1 aliphatic rings. The third-order valence-corrected chi connectivity index (χ3v) is 14.4. The first kappa shape index (κ1) is 39.2. The van der Waals surface area contributed by atoms with Crippen LogP contribution in [0.3, 0.4) is 0 Å². The minimum Gasteiger partial charge on any atom is -0.456 e. The molecular formula is C64H48N2O. The van der Waals surface area contributed by atoms with Crippen LogP contribution < -0.4 is 4.90 Å². The summed E-state index contributed by atoms with van der Waals surface area (Å²) in [6.45, 7) is 0. The number of para-hydroxylation sites is 4. The minimum atomic E-state index is 0.570. The van der Waals surface area contributed by atoms with Crippen molar-refractivity contribution < 1.29 is 4.42 Å². The van der Waals surface area contributed by atoms with Crippen LogP contribution in [0.2, 0.25) is 0 Å². The molecule has 10 aromatic carbocycles. The number of benzene rings is 10. The molecular weight excluding hydrogens is 813 g/mol. The van der Waals surface area contributed by atoms with Gasteiger partial charge in [-0.1, -0.05) is 177 Å². The van der Waals surface area contributed by atoms with Gasteiger partial charge in [0, 0.05) is 44.2 Å². The molecule has 67 heavy (non-hydrogen) atoms. The van der Waals surface area contributed by atoms with Gasteiger partial charge in [-0.15, -0.1) is 0 Å². The first-order valence-electron chi connectivity index (χ1n) is 23.9. The standard InChI is InChI=1S/C64H48N2O/c1-3-17-44(18-4-1)51-28-14-19-45-20-15-30-56(63(45)51)54-26-8-10-31-58(54)65(50-24-13-21-47(41-50)52-29-16-34-62-64(52)57-27-9-12-33-61(57)67-62)49-38-35-43(36-39-49)46-37-40-55-53-25-7-11-32-59(53)66(60(55)42-46)48-22-5-2-6-23-48/h2,5-16,19-42,44H,1,3-4,17-18H2. The van der Waals surface area contributed by atoms with Crippen LogP contribution in [-0.2, 0) is 0 Å². The van der Waals surface area contributed by atoms with Crippen molar-refractivity contribution in [3.63, 3.8) is 0 Å². The second kappa shape index (κ2) is 16.4. The average Bonchev–Trinajstić information content (AvgIpc) is 3.95. The average molecular weight is 861 g/mol. The summed E-state index contributed by atoms with van der Waals surface area (Å²) in [6.07, 6.45) is 6.43. The van der Waals surface area contributed by atoms with E-state index < -0.39 is 0 Å². The van der Waals surface area contributed by atoms with E-state index in [0.717, 1.165) is 55.8 Å². The fourth-order valence-electron chi connectivity index (χ4n) is 11.3. The number of fused-ring (bicyclic) bond motifs is 7. The van der Waals surface area contributed by atoms with E-state index in [1.54, 1.807) is 0 Å². The van der Waals surface area contributed by atoms with E-state index in [1.807, 2.05) is 6.07 Å². The molecule has 13 rings (SSSR count). The van der Waals surface area contributed by atoms with Crippen LogP contribution in [-0.4, -0.2) is 4.57 Å². The summed E-state index contributed by atoms with van der Waals surface area (Å²) in [7, 11) is 0. The molecule has 0 radical (unpaired) electrons. The highest BCUT2D eigenvalue weighted by molar-refractivity contribution is 6.13. The lowest BCUT2D eigenvalue weighted by Crippen LogP contribution is -2.11. The first-order valence-corrected chi connectivity index (χ1v) is 23.9. The summed E-state index contributed by atoms with van der Waals surface area (Å²) in [4.78, 5) is 2.47. The van der Waals surface area contributed by atoms with Gasteiger partial charge in [-0.25, -0.2) is 0 Å². The van der Waals surface area contributed by atoms with Gasteiger partial charge in [-0.3, -0.25) is 0 Å². The molecule has 3 nitrogen and oxygen atoms in total. The van der Waals surface area contributed by atoms with Crippen LogP contribution in [0.4, 0.5) is 17.1 Å². The van der Waals surface area contributed by atoms with Crippen LogP contribution in [0.1, 0.15) is 43.6 Å². The van der Waals surface area contributed by atoms with Crippen molar-refractivity contribution in [1.29, 1.82) is 0 Å². The lowest BCUT2D eigenvalue weighted by Gasteiger charge is -2.29. The minimum absolute atomic E-state index is 0.570. The number of hydrogen-bond acceptors (Lipinski definition) is 2. The largest absolute Gasteiger partial charge is 0.456 e. The van der Waals surface area contributed by atoms with Crippen LogP contribution in [0, 0.1) is 0 Å². The zero-order valence-corrected chi connectivity index (χ0v) is 37.3. The van der Waals surface area contributed by atoms with Crippen molar-refractivity contribution in [3.8, 4) is 39.1 Å². The molecule has 0 aliphatic heterocycles. The second-order valence-electron chi connectivity index (χ2n) is 18.2. The molecule has 0 bridgehead atoms. The fraction of sp³-hybridized carbons (Fsp3) is 0.0938. The highest BCUT2D eigenvalue weighted by Crippen LogP contribution is 2.47. The Morgan fingerprint density at radius 3 is 1.96 bits per heavy atom. The fourth-order valence-corrected chi connectivity index (χ4v) is 11.3. The molecule has 1 saturated carbocycles. The monoisotopic (exact) mass is 860 g/mol. The van der Waals surface area contributed by atoms with Gasteiger partial charge in [-0.2, -0.15) is 0 Å². The van der Waals surface area contributed by atoms with Gasteiger partial charge in [0.05, 0.1) is 16.7 Å². The van der Waals surface area contributed by atoms with Gasteiger partial charge in [0.25, 0.3) is 0 Å². The molecule has 320 valence electrons. The Morgan fingerprint density at radius 2 is 1.07 bits per heavy atom. The Hall–Kier alpha value is -8.14. The highest BCUT2D eigenvalue weighted by atomic mass is 16.3. The van der Waals surface area contributed by atoms with Crippen molar-refractivity contribution in [2.24, 2.45) is 0 Å². The molecule has 0 amide bonds. The van der Waals surface area contributed by atoms with E-state index >= 15 is 0 Å². The van der Waals surface area contributed by atoms with Crippen LogP contribution >= 0.6 is 0 Å². The van der Waals surface area contributed by atoms with Crippen LogP contribution in [0.5, 0.6) is 0 Å². The molecule has 0 saturated heterocycles. The zero-order chi connectivity index (χ0) is 44.3. The summed E-state index contributed by atoms with van der Waals surface area (Å²) in [5, 5.41) is 7.46. The SMILES string of the molecule is c1ccc(-n2c3ccccc3c3ccc(-c4ccc(N(c5cccc(-c6cccc7oc8ccccc8c67)c5)c5ccccc5-c5cccc6cccc(C7CCCCC7)c56)cc4)cc32)cc1. The number of nitrogens with zero attached hydrogens (tertiary/aromatic N) is 2. The van der Waals surface area contributed by atoms with E-state index in [-0.39, 0.29) is 0 Å². The summed E-state index contributed by atoms with van der Waals surface area (Å²) < 4.78 is 8.78. The predicted molar refractivity (Wildman–Crippen MR) is 282 cm³/mol.